The first-order chi connectivity index (χ1) is 16.4. The zero-order valence-electron chi connectivity index (χ0n) is 18.3. The Morgan fingerprint density at radius 2 is 1.68 bits per heavy atom. The summed E-state index contributed by atoms with van der Waals surface area (Å²) in [6, 6.07) is 9.99. The van der Waals surface area contributed by atoms with E-state index in [0.717, 1.165) is 36.2 Å². The molecule has 3 heterocycles. The summed E-state index contributed by atoms with van der Waals surface area (Å²) in [6.07, 6.45) is 3.30. The highest BCUT2D eigenvalue weighted by Crippen LogP contribution is 2.34. The molecule has 0 saturated carbocycles. The lowest BCUT2D eigenvalue weighted by molar-refractivity contribution is 0.414. The molecule has 4 aromatic rings. The van der Waals surface area contributed by atoms with Gasteiger partial charge in [-0.05, 0) is 49.2 Å². The highest BCUT2D eigenvalue weighted by molar-refractivity contribution is 5.91. The summed E-state index contributed by atoms with van der Waals surface area (Å²) in [5, 5.41) is 10.8. The van der Waals surface area contributed by atoms with Gasteiger partial charge in [0.05, 0.1) is 35.2 Å². The van der Waals surface area contributed by atoms with Gasteiger partial charge in [-0.2, -0.15) is 0 Å². The smallest absolute Gasteiger partial charge is 0.335 e. The highest BCUT2D eigenvalue weighted by Gasteiger charge is 2.19. The van der Waals surface area contributed by atoms with Crippen LogP contribution in [0.25, 0.3) is 16.7 Å². The van der Waals surface area contributed by atoms with Crippen molar-refractivity contribution in [2.75, 3.05) is 25.1 Å². The number of aliphatic imine (C=N–C) groups is 1. The molecule has 0 aliphatic carbocycles. The number of methoxy groups -OCH3 is 1. The minimum atomic E-state index is -0.783. The number of hydrogen-bond acceptors (Lipinski definition) is 7. The Morgan fingerprint density at radius 1 is 1.00 bits per heavy atom. The number of aromatic amines is 3. The lowest BCUT2D eigenvalue weighted by Gasteiger charge is -2.19. The Labute approximate surface area is 192 Å². The molecule has 0 radical (unpaired) electrons. The first-order valence-electron chi connectivity index (χ1n) is 10.7. The van der Waals surface area contributed by atoms with Crippen molar-refractivity contribution in [3.63, 3.8) is 0 Å². The van der Waals surface area contributed by atoms with Crippen molar-refractivity contribution in [1.82, 2.24) is 19.5 Å². The molecule has 174 valence electrons. The van der Waals surface area contributed by atoms with E-state index in [0.29, 0.717) is 28.2 Å². The van der Waals surface area contributed by atoms with Crippen molar-refractivity contribution in [3.8, 4) is 17.3 Å². The topological polar surface area (TPSA) is 149 Å². The van der Waals surface area contributed by atoms with Crippen LogP contribution in [-0.4, -0.2) is 51.0 Å². The molecular weight excluding hydrogens is 440 g/mol. The maximum absolute atomic E-state index is 12.5. The van der Waals surface area contributed by atoms with Crippen LogP contribution in [-0.2, 0) is 0 Å². The van der Waals surface area contributed by atoms with Crippen molar-refractivity contribution >= 4 is 28.6 Å². The number of benzene rings is 2. The second-order valence-electron chi connectivity index (χ2n) is 7.95. The standard InChI is InChI=1S/C23H22N6O5/c1-34-14-6-4-13(5-7-14)29-21(31)15(20(30)27-23(29)33)12-24-18-10-16-17(26-22(32)25-16)11-19(18)28-8-2-3-9-28/h4-7,10-12,31H,2-3,8-9H2,1H3,(H2,25,26,32)(H,27,30,33). The molecule has 0 spiro atoms. The first-order valence-corrected chi connectivity index (χ1v) is 10.7. The molecule has 1 fully saturated rings. The first kappa shape index (κ1) is 21.3. The summed E-state index contributed by atoms with van der Waals surface area (Å²) in [5.41, 5.74) is 0.833. The van der Waals surface area contributed by atoms with Gasteiger partial charge in [0.25, 0.3) is 5.56 Å². The molecule has 34 heavy (non-hydrogen) atoms. The van der Waals surface area contributed by atoms with Gasteiger partial charge in [0.15, 0.2) is 0 Å². The van der Waals surface area contributed by atoms with Crippen LogP contribution < -0.4 is 26.6 Å². The average molecular weight is 462 g/mol. The van der Waals surface area contributed by atoms with Gasteiger partial charge in [0.2, 0.25) is 5.88 Å². The maximum atomic E-state index is 12.5. The summed E-state index contributed by atoms with van der Waals surface area (Å²) in [6.45, 7) is 1.69. The number of H-pyrrole nitrogens is 3. The monoisotopic (exact) mass is 462 g/mol. The molecule has 1 saturated heterocycles. The van der Waals surface area contributed by atoms with Gasteiger partial charge in [-0.15, -0.1) is 0 Å². The minimum Gasteiger partial charge on any atom is -0.497 e. The van der Waals surface area contributed by atoms with E-state index >= 15 is 0 Å². The zero-order chi connectivity index (χ0) is 23.8. The van der Waals surface area contributed by atoms with Crippen LogP contribution in [0.2, 0.25) is 0 Å². The number of nitrogens with zero attached hydrogens (tertiary/aromatic N) is 3. The molecule has 11 nitrogen and oxygen atoms in total. The maximum Gasteiger partial charge on any atom is 0.335 e. The Kier molecular flexibility index (Phi) is 5.28. The fourth-order valence-corrected chi connectivity index (χ4v) is 4.13. The van der Waals surface area contributed by atoms with Gasteiger partial charge < -0.3 is 24.7 Å². The minimum absolute atomic E-state index is 0.176. The van der Waals surface area contributed by atoms with Crippen molar-refractivity contribution in [3.05, 3.63) is 73.3 Å². The van der Waals surface area contributed by atoms with Crippen LogP contribution in [0, 0.1) is 0 Å². The van der Waals surface area contributed by atoms with E-state index < -0.39 is 17.1 Å². The number of fused-ring (bicyclic) bond motifs is 1. The lowest BCUT2D eigenvalue weighted by Crippen LogP contribution is -2.31. The Bertz CT molecular complexity index is 1570. The number of imidazole rings is 1. The van der Waals surface area contributed by atoms with Gasteiger partial charge in [-0.3, -0.25) is 14.8 Å². The lowest BCUT2D eigenvalue weighted by atomic mass is 10.2. The molecule has 0 bridgehead atoms. The molecule has 2 aromatic carbocycles. The third kappa shape index (κ3) is 3.76. The molecule has 2 aromatic heterocycles. The molecule has 0 unspecified atom stereocenters. The largest absolute Gasteiger partial charge is 0.497 e. The Hall–Kier alpha value is -4.54. The van der Waals surface area contributed by atoms with E-state index in [1.165, 1.54) is 13.3 Å². The number of hydrogen-bond donors (Lipinski definition) is 4. The number of anilines is 1. The van der Waals surface area contributed by atoms with E-state index in [2.05, 4.69) is 24.8 Å². The average Bonchev–Trinajstić information content (AvgIpc) is 3.47. The molecule has 11 heteroatoms. The van der Waals surface area contributed by atoms with Gasteiger partial charge in [-0.1, -0.05) is 0 Å². The zero-order valence-corrected chi connectivity index (χ0v) is 18.3. The molecular formula is C23H22N6O5. The summed E-state index contributed by atoms with van der Waals surface area (Å²) >= 11 is 0. The fraction of sp³-hybridized carbons (Fsp3) is 0.217. The van der Waals surface area contributed by atoms with Crippen LogP contribution in [0.4, 0.5) is 11.4 Å². The number of aromatic nitrogens is 4. The number of rotatable bonds is 5. The van der Waals surface area contributed by atoms with Crippen LogP contribution in [0.1, 0.15) is 18.4 Å². The molecule has 1 aliphatic heterocycles. The quantitative estimate of drug-likeness (QED) is 0.332. The van der Waals surface area contributed by atoms with Crippen molar-refractivity contribution in [2.24, 2.45) is 4.99 Å². The van der Waals surface area contributed by atoms with Gasteiger partial charge in [0.1, 0.15) is 11.3 Å². The predicted molar refractivity (Wildman–Crippen MR) is 128 cm³/mol. The van der Waals surface area contributed by atoms with Crippen molar-refractivity contribution < 1.29 is 9.84 Å². The molecule has 0 amide bonds. The second-order valence-corrected chi connectivity index (χ2v) is 7.95. The van der Waals surface area contributed by atoms with Gasteiger partial charge in [0, 0.05) is 19.3 Å². The third-order valence-electron chi connectivity index (χ3n) is 5.84. The molecule has 4 N–H and O–H groups in total. The SMILES string of the molecule is COc1ccc(-n2c(O)c(C=Nc3cc4[nH]c(=O)[nH]c4cc3N3CCCC3)c(=O)[nH]c2=O)cc1. The Balaban J connectivity index is 1.62. The van der Waals surface area contributed by atoms with Crippen molar-refractivity contribution in [1.29, 1.82) is 0 Å². The van der Waals surface area contributed by atoms with Crippen molar-refractivity contribution in [2.45, 2.75) is 12.8 Å². The van der Waals surface area contributed by atoms with Crippen LogP contribution in [0.3, 0.4) is 0 Å². The molecule has 5 rings (SSSR count). The summed E-state index contributed by atoms with van der Waals surface area (Å²) in [7, 11) is 1.52. The van der Waals surface area contributed by atoms with Gasteiger partial charge in [-0.25, -0.2) is 14.2 Å². The predicted octanol–water partition coefficient (Wildman–Crippen LogP) is 1.76. The second kappa shape index (κ2) is 8.43. The van der Waals surface area contributed by atoms with E-state index in [1.54, 1.807) is 30.3 Å². The summed E-state index contributed by atoms with van der Waals surface area (Å²) < 4.78 is 6.11. The normalized spacial score (nSPS) is 13.9. The molecule has 0 atom stereocenters. The Morgan fingerprint density at radius 3 is 2.35 bits per heavy atom. The summed E-state index contributed by atoms with van der Waals surface area (Å²) in [5.74, 6) is 0.0386. The summed E-state index contributed by atoms with van der Waals surface area (Å²) in [4.78, 5) is 51.0. The van der Waals surface area contributed by atoms with E-state index in [4.69, 9.17) is 4.74 Å². The van der Waals surface area contributed by atoms with Crippen LogP contribution in [0.5, 0.6) is 11.6 Å². The molecule has 1 aliphatic rings. The van der Waals surface area contributed by atoms with E-state index in [-0.39, 0.29) is 11.3 Å². The van der Waals surface area contributed by atoms with E-state index in [1.807, 2.05) is 6.07 Å². The highest BCUT2D eigenvalue weighted by atomic mass is 16.5. The number of aromatic hydroxyl groups is 1. The van der Waals surface area contributed by atoms with Gasteiger partial charge >= 0.3 is 11.4 Å². The fourth-order valence-electron chi connectivity index (χ4n) is 4.13. The number of nitrogens with one attached hydrogen (secondary N) is 3. The van der Waals surface area contributed by atoms with Crippen LogP contribution in [0.15, 0.2) is 55.8 Å². The van der Waals surface area contributed by atoms with Crippen LogP contribution >= 0.6 is 0 Å². The van der Waals surface area contributed by atoms with E-state index in [9.17, 15) is 19.5 Å². The number of ether oxygens (including phenoxy) is 1. The third-order valence-corrected chi connectivity index (χ3v) is 5.84.